The second-order valence-corrected chi connectivity index (χ2v) is 9.24. The average Bonchev–Trinajstić information content (AvgIpc) is 3.22. The van der Waals surface area contributed by atoms with Crippen molar-refractivity contribution in [1.29, 1.82) is 0 Å². The fraction of sp³-hybridized carbons (Fsp3) is 0.481. The van der Waals surface area contributed by atoms with Gasteiger partial charge in [-0.2, -0.15) is 0 Å². The number of pyridine rings is 1. The SMILES string of the molecule is COc1ccc(CCC(=O)N2CCN(C(=O)CCc3c(C)nc4c(c(OC)nn4C)c3C)CC2)cc1. The second kappa shape index (κ2) is 11.0. The van der Waals surface area contributed by atoms with Crippen LogP contribution in [0.1, 0.15) is 35.2 Å². The van der Waals surface area contributed by atoms with Gasteiger partial charge in [0.1, 0.15) is 5.75 Å². The van der Waals surface area contributed by atoms with Gasteiger partial charge in [-0.1, -0.05) is 12.1 Å². The number of carbonyl (C=O) groups is 2. The predicted molar refractivity (Wildman–Crippen MR) is 137 cm³/mol. The monoisotopic (exact) mass is 493 g/mol. The summed E-state index contributed by atoms with van der Waals surface area (Å²) in [5.74, 6) is 1.61. The zero-order valence-corrected chi connectivity index (χ0v) is 21.8. The first kappa shape index (κ1) is 25.5. The van der Waals surface area contributed by atoms with Gasteiger partial charge in [0.05, 0.1) is 19.6 Å². The Morgan fingerprint density at radius 1 is 0.889 bits per heavy atom. The number of benzene rings is 1. The van der Waals surface area contributed by atoms with Gasteiger partial charge < -0.3 is 19.3 Å². The number of piperazine rings is 1. The summed E-state index contributed by atoms with van der Waals surface area (Å²) in [5, 5.41) is 5.30. The number of hydrogen-bond donors (Lipinski definition) is 0. The molecular formula is C27H35N5O4. The number of aromatic nitrogens is 3. The van der Waals surface area contributed by atoms with Crippen LogP contribution in [0.25, 0.3) is 11.0 Å². The third-order valence-electron chi connectivity index (χ3n) is 7.08. The zero-order valence-electron chi connectivity index (χ0n) is 21.8. The summed E-state index contributed by atoms with van der Waals surface area (Å²) in [6.07, 6.45) is 2.17. The van der Waals surface area contributed by atoms with Crippen LogP contribution in [0, 0.1) is 13.8 Å². The van der Waals surface area contributed by atoms with Crippen LogP contribution in [-0.2, 0) is 29.5 Å². The number of nitrogens with zero attached hydrogens (tertiary/aromatic N) is 5. The Balaban J connectivity index is 1.29. The number of methoxy groups -OCH3 is 2. The van der Waals surface area contributed by atoms with Gasteiger partial charge >= 0.3 is 0 Å². The molecule has 0 bridgehead atoms. The van der Waals surface area contributed by atoms with Gasteiger partial charge in [-0.25, -0.2) is 9.67 Å². The highest BCUT2D eigenvalue weighted by Crippen LogP contribution is 2.30. The molecule has 3 heterocycles. The van der Waals surface area contributed by atoms with E-state index >= 15 is 0 Å². The van der Waals surface area contributed by atoms with Gasteiger partial charge in [0.15, 0.2) is 5.65 Å². The Labute approximate surface area is 212 Å². The first-order valence-electron chi connectivity index (χ1n) is 12.4. The number of aryl methyl sites for hydroxylation is 4. The lowest BCUT2D eigenvalue weighted by molar-refractivity contribution is -0.139. The molecule has 0 aliphatic carbocycles. The van der Waals surface area contributed by atoms with Crippen LogP contribution >= 0.6 is 0 Å². The fourth-order valence-electron chi connectivity index (χ4n) is 4.90. The molecule has 1 saturated heterocycles. The normalized spacial score (nSPS) is 13.8. The number of ether oxygens (including phenoxy) is 2. The lowest BCUT2D eigenvalue weighted by Crippen LogP contribution is -2.50. The highest BCUT2D eigenvalue weighted by molar-refractivity contribution is 5.86. The maximum absolute atomic E-state index is 13.0. The minimum Gasteiger partial charge on any atom is -0.497 e. The van der Waals surface area contributed by atoms with Gasteiger partial charge in [-0.05, 0) is 55.5 Å². The molecule has 0 N–H and O–H groups in total. The number of amides is 2. The van der Waals surface area contributed by atoms with E-state index in [1.54, 1.807) is 18.9 Å². The predicted octanol–water partition coefficient (Wildman–Crippen LogP) is 2.84. The lowest BCUT2D eigenvalue weighted by Gasteiger charge is -2.35. The van der Waals surface area contributed by atoms with Gasteiger partial charge in [0.25, 0.3) is 0 Å². The smallest absolute Gasteiger partial charge is 0.242 e. The second-order valence-electron chi connectivity index (χ2n) is 9.24. The van der Waals surface area contributed by atoms with E-state index in [2.05, 4.69) is 5.10 Å². The van der Waals surface area contributed by atoms with Crippen LogP contribution in [0.15, 0.2) is 24.3 Å². The molecule has 4 rings (SSSR count). The summed E-state index contributed by atoms with van der Waals surface area (Å²) < 4.78 is 12.3. The van der Waals surface area contributed by atoms with Crippen molar-refractivity contribution in [2.45, 2.75) is 39.5 Å². The molecule has 36 heavy (non-hydrogen) atoms. The zero-order chi connectivity index (χ0) is 25.8. The summed E-state index contributed by atoms with van der Waals surface area (Å²) in [6, 6.07) is 7.80. The van der Waals surface area contributed by atoms with Gasteiger partial charge in [-0.3, -0.25) is 9.59 Å². The van der Waals surface area contributed by atoms with E-state index in [4.69, 9.17) is 14.5 Å². The highest BCUT2D eigenvalue weighted by Gasteiger charge is 2.25. The Morgan fingerprint density at radius 2 is 1.47 bits per heavy atom. The molecule has 9 heteroatoms. The molecule has 0 radical (unpaired) electrons. The van der Waals surface area contributed by atoms with Crippen molar-refractivity contribution in [3.8, 4) is 11.6 Å². The van der Waals surface area contributed by atoms with Crippen LogP contribution in [0.2, 0.25) is 0 Å². The summed E-state index contributed by atoms with van der Waals surface area (Å²) in [4.78, 5) is 34.1. The first-order valence-corrected chi connectivity index (χ1v) is 12.4. The molecule has 0 atom stereocenters. The number of rotatable bonds is 8. The van der Waals surface area contributed by atoms with Crippen LogP contribution in [0.5, 0.6) is 11.6 Å². The molecule has 1 aromatic carbocycles. The summed E-state index contributed by atoms with van der Waals surface area (Å²) in [6.45, 7) is 6.30. The molecule has 9 nitrogen and oxygen atoms in total. The van der Waals surface area contributed by atoms with E-state index in [1.807, 2.05) is 55.0 Å². The quantitative estimate of drug-likeness (QED) is 0.479. The Bertz CT molecular complexity index is 1240. The Hall–Kier alpha value is -3.62. The maximum Gasteiger partial charge on any atom is 0.242 e. The molecule has 1 aliphatic rings. The molecule has 0 unspecified atom stereocenters. The summed E-state index contributed by atoms with van der Waals surface area (Å²) in [5.41, 5.74) is 4.92. The molecular weight excluding hydrogens is 458 g/mol. The maximum atomic E-state index is 13.0. The highest BCUT2D eigenvalue weighted by atomic mass is 16.5. The fourth-order valence-corrected chi connectivity index (χ4v) is 4.90. The number of fused-ring (bicyclic) bond motifs is 1. The molecule has 192 valence electrons. The van der Waals surface area contributed by atoms with Gasteiger partial charge in [0, 0.05) is 51.8 Å². The van der Waals surface area contributed by atoms with Crippen molar-refractivity contribution >= 4 is 22.8 Å². The van der Waals surface area contributed by atoms with Crippen molar-refractivity contribution in [3.05, 3.63) is 46.6 Å². The van der Waals surface area contributed by atoms with E-state index in [1.165, 1.54) is 0 Å². The van der Waals surface area contributed by atoms with Crippen molar-refractivity contribution in [2.75, 3.05) is 40.4 Å². The van der Waals surface area contributed by atoms with E-state index in [0.29, 0.717) is 57.7 Å². The average molecular weight is 494 g/mol. The van der Waals surface area contributed by atoms with Crippen LogP contribution in [0.3, 0.4) is 0 Å². The molecule has 0 spiro atoms. The van der Waals surface area contributed by atoms with E-state index in [-0.39, 0.29) is 11.8 Å². The lowest BCUT2D eigenvalue weighted by atomic mass is 10.00. The third kappa shape index (κ3) is 5.29. The molecule has 1 aliphatic heterocycles. The van der Waals surface area contributed by atoms with Crippen molar-refractivity contribution in [2.24, 2.45) is 7.05 Å². The van der Waals surface area contributed by atoms with Crippen molar-refractivity contribution in [1.82, 2.24) is 24.6 Å². The van der Waals surface area contributed by atoms with E-state index in [0.717, 1.165) is 39.2 Å². The topological polar surface area (TPSA) is 89.8 Å². The first-order chi connectivity index (χ1) is 17.3. The number of carbonyl (C=O) groups excluding carboxylic acids is 2. The van der Waals surface area contributed by atoms with Crippen molar-refractivity contribution in [3.63, 3.8) is 0 Å². The van der Waals surface area contributed by atoms with Crippen LogP contribution < -0.4 is 9.47 Å². The molecule has 1 fully saturated rings. The minimum absolute atomic E-state index is 0.109. The van der Waals surface area contributed by atoms with Crippen LogP contribution in [-0.4, -0.2) is 76.8 Å². The standard InChI is InChI=1S/C27H35N5O4/c1-18-22(19(2)28-26-25(18)27(36-5)29-30(26)3)11-13-24(34)32-16-14-31(15-17-32)23(33)12-8-20-6-9-21(35-4)10-7-20/h6-7,9-10H,8,11-17H2,1-5H3. The third-order valence-corrected chi connectivity index (χ3v) is 7.08. The van der Waals surface area contributed by atoms with Gasteiger partial charge in [0.2, 0.25) is 17.7 Å². The van der Waals surface area contributed by atoms with Crippen LogP contribution in [0.4, 0.5) is 0 Å². The van der Waals surface area contributed by atoms with Gasteiger partial charge in [-0.15, -0.1) is 5.10 Å². The summed E-state index contributed by atoms with van der Waals surface area (Å²) in [7, 11) is 5.10. The van der Waals surface area contributed by atoms with Crippen molar-refractivity contribution < 1.29 is 19.1 Å². The molecule has 2 aromatic heterocycles. The largest absolute Gasteiger partial charge is 0.497 e. The number of hydrogen-bond acceptors (Lipinski definition) is 6. The minimum atomic E-state index is 0.109. The molecule has 2 amide bonds. The summed E-state index contributed by atoms with van der Waals surface area (Å²) >= 11 is 0. The molecule has 0 saturated carbocycles. The van der Waals surface area contributed by atoms with E-state index < -0.39 is 0 Å². The Morgan fingerprint density at radius 3 is 2.03 bits per heavy atom. The molecule has 3 aromatic rings. The Kier molecular flexibility index (Phi) is 7.76. The van der Waals surface area contributed by atoms with E-state index in [9.17, 15) is 9.59 Å².